The first-order valence-corrected chi connectivity index (χ1v) is 13.2. The van der Waals surface area contributed by atoms with Crippen molar-refractivity contribution < 1.29 is 13.9 Å². The third kappa shape index (κ3) is 4.11. The largest absolute Gasteiger partial charge is 0.440 e. The lowest BCUT2D eigenvalue weighted by Crippen LogP contribution is -2.38. The van der Waals surface area contributed by atoms with Gasteiger partial charge in [0.05, 0.1) is 23.9 Å². The molecule has 0 unspecified atom stereocenters. The van der Waals surface area contributed by atoms with E-state index in [0.717, 1.165) is 65.0 Å². The van der Waals surface area contributed by atoms with E-state index < -0.39 is 5.91 Å². The number of likely N-dealkylation sites (N-methyl/N-ethyl adjacent to an activating group) is 1. The Kier molecular flexibility index (Phi) is 6.10. The molecule has 9 heteroatoms. The van der Waals surface area contributed by atoms with E-state index in [2.05, 4.69) is 16.8 Å². The number of rotatable bonds is 5. The summed E-state index contributed by atoms with van der Waals surface area (Å²) in [6, 6.07) is 12.4. The normalized spacial score (nSPS) is 18.5. The maximum Gasteiger partial charge on any atom is 0.265 e. The third-order valence-corrected chi connectivity index (χ3v) is 8.18. The number of hydrogen-bond acceptors (Lipinski definition) is 7. The highest BCUT2D eigenvalue weighted by molar-refractivity contribution is 6.07. The van der Waals surface area contributed by atoms with Crippen LogP contribution < -0.4 is 21.1 Å². The van der Waals surface area contributed by atoms with Crippen LogP contribution in [-0.4, -0.2) is 54.9 Å². The topological polar surface area (TPSA) is 107 Å². The van der Waals surface area contributed by atoms with Crippen LogP contribution in [0.15, 0.2) is 45.6 Å². The van der Waals surface area contributed by atoms with Crippen LogP contribution >= 0.6 is 0 Å². The number of piperidine rings is 1. The van der Waals surface area contributed by atoms with Gasteiger partial charge in [0.2, 0.25) is 0 Å². The van der Waals surface area contributed by atoms with Gasteiger partial charge < -0.3 is 29.3 Å². The molecule has 9 nitrogen and oxygen atoms in total. The van der Waals surface area contributed by atoms with Crippen molar-refractivity contribution >= 4 is 39.3 Å². The summed E-state index contributed by atoms with van der Waals surface area (Å²) in [5.41, 5.74) is 10.7. The first-order valence-electron chi connectivity index (χ1n) is 13.2. The number of carbonyl (C=O) groups excluding carboxylic acids is 1. The molecule has 4 heterocycles. The Bertz CT molecular complexity index is 1590. The van der Waals surface area contributed by atoms with Crippen LogP contribution in [0.1, 0.15) is 47.0 Å². The van der Waals surface area contributed by atoms with E-state index >= 15 is 0 Å². The van der Waals surface area contributed by atoms with Gasteiger partial charge in [-0.3, -0.25) is 9.59 Å². The van der Waals surface area contributed by atoms with Crippen molar-refractivity contribution in [2.24, 2.45) is 12.8 Å². The summed E-state index contributed by atoms with van der Waals surface area (Å²) in [6.45, 7) is 4.81. The number of pyridine rings is 1. The molecule has 2 aliphatic rings. The Morgan fingerprint density at radius 1 is 1.13 bits per heavy atom. The number of oxazole rings is 1. The molecule has 0 aliphatic carbocycles. The number of hydrogen-bond donors (Lipinski definition) is 1. The zero-order chi connectivity index (χ0) is 26.6. The molecule has 38 heavy (non-hydrogen) atoms. The molecule has 2 aliphatic heterocycles. The highest BCUT2D eigenvalue weighted by Gasteiger charge is 2.30. The maximum absolute atomic E-state index is 13.4. The highest BCUT2D eigenvalue weighted by Crippen LogP contribution is 2.37. The smallest absolute Gasteiger partial charge is 0.265 e. The van der Waals surface area contributed by atoms with E-state index in [1.165, 1.54) is 4.57 Å². The fourth-order valence-corrected chi connectivity index (χ4v) is 5.90. The molecule has 2 fully saturated rings. The molecule has 0 bridgehead atoms. The lowest BCUT2D eigenvalue weighted by molar-refractivity contribution is 0.0999. The van der Waals surface area contributed by atoms with Crippen molar-refractivity contribution in [3.8, 4) is 0 Å². The van der Waals surface area contributed by atoms with E-state index in [9.17, 15) is 9.59 Å². The summed E-state index contributed by atoms with van der Waals surface area (Å²) in [7, 11) is 3.75. The number of nitrogens with zero attached hydrogens (tertiary/aromatic N) is 4. The molecule has 6 rings (SSSR count). The number of amides is 1. The number of benzene rings is 2. The molecule has 0 spiro atoms. The summed E-state index contributed by atoms with van der Waals surface area (Å²) in [6.07, 6.45) is 2.56. The number of primary amides is 1. The predicted octanol–water partition coefficient (Wildman–Crippen LogP) is 3.70. The Hall–Kier alpha value is -3.85. The van der Waals surface area contributed by atoms with Gasteiger partial charge in [-0.25, -0.2) is 4.98 Å². The van der Waals surface area contributed by atoms with Gasteiger partial charge in [0.25, 0.3) is 11.5 Å². The first-order chi connectivity index (χ1) is 18.3. The van der Waals surface area contributed by atoms with Gasteiger partial charge in [0, 0.05) is 50.8 Å². The minimum atomic E-state index is -0.705. The van der Waals surface area contributed by atoms with Crippen LogP contribution in [0, 0.1) is 6.92 Å². The molecule has 198 valence electrons. The fraction of sp³-hybridized carbons (Fsp3) is 0.414. The standard InChI is InChI=1S/C29H33N5O4/c1-17-4-7-24-22(14-17)31-28(38-24)18-8-11-34(12-9-18)26-21-6-5-19(32(2)20-10-13-37-16-20)15-23(21)33(3)29(36)25(26)27(30)35/h4-7,14-15,18,20H,8-13,16H2,1-3H3,(H2,30,35)/t20-/m0/s1. The van der Waals surface area contributed by atoms with Gasteiger partial charge in [0.1, 0.15) is 11.1 Å². The van der Waals surface area contributed by atoms with E-state index in [-0.39, 0.29) is 17.0 Å². The molecule has 1 atom stereocenters. The van der Waals surface area contributed by atoms with Gasteiger partial charge in [-0.05, 0) is 62.1 Å². The SMILES string of the molecule is Cc1ccc2oc(C3CCN(c4c(C(N)=O)c(=O)n(C)c5cc(N(C)[C@H]6CCOC6)ccc45)CC3)nc2c1. The molecule has 0 saturated carbocycles. The third-order valence-electron chi connectivity index (χ3n) is 8.18. The van der Waals surface area contributed by atoms with E-state index in [1.54, 1.807) is 7.05 Å². The van der Waals surface area contributed by atoms with E-state index in [4.69, 9.17) is 19.9 Å². The summed E-state index contributed by atoms with van der Waals surface area (Å²) in [5, 5.41) is 0.844. The summed E-state index contributed by atoms with van der Waals surface area (Å²) < 4.78 is 13.2. The van der Waals surface area contributed by atoms with Crippen molar-refractivity contribution in [3.05, 3.63) is 63.8 Å². The first kappa shape index (κ1) is 24.5. The molecule has 2 aromatic carbocycles. The molecular formula is C29H33N5O4. The Morgan fingerprint density at radius 3 is 2.63 bits per heavy atom. The number of ether oxygens (including phenoxy) is 1. The quantitative estimate of drug-likeness (QED) is 0.432. The minimum absolute atomic E-state index is 0.0427. The number of aromatic nitrogens is 2. The van der Waals surface area contributed by atoms with Crippen LogP contribution in [0.2, 0.25) is 0 Å². The zero-order valence-electron chi connectivity index (χ0n) is 22.1. The molecule has 2 aromatic heterocycles. The Balaban J connectivity index is 1.35. The zero-order valence-corrected chi connectivity index (χ0v) is 22.1. The van der Waals surface area contributed by atoms with E-state index in [0.29, 0.717) is 31.4 Å². The number of aryl methyl sites for hydroxylation is 2. The molecular weight excluding hydrogens is 482 g/mol. The van der Waals surface area contributed by atoms with Gasteiger partial charge >= 0.3 is 0 Å². The lowest BCUT2D eigenvalue weighted by Gasteiger charge is -2.34. The second-order valence-electron chi connectivity index (χ2n) is 10.6. The maximum atomic E-state index is 13.4. The molecule has 1 amide bonds. The van der Waals surface area contributed by atoms with Crippen molar-refractivity contribution in [1.29, 1.82) is 0 Å². The molecule has 0 radical (unpaired) electrons. The van der Waals surface area contributed by atoms with Crippen molar-refractivity contribution in [1.82, 2.24) is 9.55 Å². The van der Waals surface area contributed by atoms with Crippen molar-refractivity contribution in [3.63, 3.8) is 0 Å². The molecule has 2 saturated heterocycles. The Morgan fingerprint density at radius 2 is 1.92 bits per heavy atom. The second kappa shape index (κ2) is 9.47. The summed E-state index contributed by atoms with van der Waals surface area (Å²) in [4.78, 5) is 35.1. The number of fused-ring (bicyclic) bond motifs is 2. The monoisotopic (exact) mass is 515 g/mol. The molecule has 4 aromatic rings. The summed E-state index contributed by atoms with van der Waals surface area (Å²) in [5.74, 6) is 0.212. The number of nitrogens with two attached hydrogens (primary N) is 1. The van der Waals surface area contributed by atoms with Crippen LogP contribution in [0.3, 0.4) is 0 Å². The number of carbonyl (C=O) groups is 1. The highest BCUT2D eigenvalue weighted by atomic mass is 16.5. The van der Waals surface area contributed by atoms with Gasteiger partial charge in [-0.2, -0.15) is 0 Å². The van der Waals surface area contributed by atoms with E-state index in [1.807, 2.05) is 43.3 Å². The van der Waals surface area contributed by atoms with Crippen LogP contribution in [0.5, 0.6) is 0 Å². The van der Waals surface area contributed by atoms with Crippen LogP contribution in [0.25, 0.3) is 22.0 Å². The van der Waals surface area contributed by atoms with Crippen molar-refractivity contribution in [2.75, 3.05) is 43.2 Å². The average molecular weight is 516 g/mol. The lowest BCUT2D eigenvalue weighted by atomic mass is 9.95. The van der Waals surface area contributed by atoms with Gasteiger partial charge in [-0.1, -0.05) is 6.07 Å². The fourth-order valence-electron chi connectivity index (χ4n) is 5.90. The molecule has 2 N–H and O–H groups in total. The second-order valence-corrected chi connectivity index (χ2v) is 10.6. The van der Waals surface area contributed by atoms with Gasteiger partial charge in [0.15, 0.2) is 11.5 Å². The summed E-state index contributed by atoms with van der Waals surface area (Å²) >= 11 is 0. The minimum Gasteiger partial charge on any atom is -0.440 e. The Labute approximate surface area is 220 Å². The number of anilines is 2. The van der Waals surface area contributed by atoms with Crippen molar-refractivity contribution in [2.45, 2.75) is 38.1 Å². The van der Waals surface area contributed by atoms with Crippen LogP contribution in [0.4, 0.5) is 11.4 Å². The average Bonchev–Trinajstić information content (AvgIpc) is 3.60. The predicted molar refractivity (Wildman–Crippen MR) is 148 cm³/mol. The van der Waals surface area contributed by atoms with Gasteiger partial charge in [-0.15, -0.1) is 0 Å². The van der Waals surface area contributed by atoms with Crippen LogP contribution in [-0.2, 0) is 11.8 Å².